The zero-order chi connectivity index (χ0) is 16.9. The summed E-state index contributed by atoms with van der Waals surface area (Å²) in [6.45, 7) is 0. The Hall–Kier alpha value is -3.37. The van der Waals surface area contributed by atoms with E-state index in [4.69, 9.17) is 9.68 Å². The lowest BCUT2D eigenvalue weighted by Gasteiger charge is -2.03. The summed E-state index contributed by atoms with van der Waals surface area (Å²) in [4.78, 5) is 24.6. The Balaban J connectivity index is 1.67. The summed E-state index contributed by atoms with van der Waals surface area (Å²) >= 11 is 1.15. The number of nitrogens with one attached hydrogen (secondary N) is 2. The molecule has 7 heteroatoms. The topological polar surface area (TPSA) is 95.1 Å². The molecule has 0 aliphatic heterocycles. The molecule has 0 atom stereocenters. The molecule has 3 rings (SSSR count). The van der Waals surface area contributed by atoms with Crippen LogP contribution in [0.2, 0.25) is 0 Å². The Morgan fingerprint density at radius 3 is 2.67 bits per heavy atom. The van der Waals surface area contributed by atoms with Crippen LogP contribution in [0.1, 0.15) is 25.8 Å². The van der Waals surface area contributed by atoms with Crippen molar-refractivity contribution >= 4 is 33.8 Å². The van der Waals surface area contributed by atoms with Gasteiger partial charge in [0.05, 0.1) is 27.8 Å². The first kappa shape index (κ1) is 15.5. The zero-order valence-electron chi connectivity index (χ0n) is 12.3. The van der Waals surface area contributed by atoms with Crippen molar-refractivity contribution in [1.82, 2.24) is 0 Å². The van der Waals surface area contributed by atoms with Crippen molar-refractivity contribution in [2.45, 2.75) is 0 Å². The monoisotopic (exact) mass is 337 g/mol. The van der Waals surface area contributed by atoms with Gasteiger partial charge in [-0.3, -0.25) is 9.59 Å². The molecule has 0 bridgehead atoms. The van der Waals surface area contributed by atoms with E-state index in [1.807, 2.05) is 6.07 Å². The molecular weight excluding hydrogens is 326 g/mol. The highest BCUT2D eigenvalue weighted by Crippen LogP contribution is 2.24. The molecule has 0 radical (unpaired) electrons. The van der Waals surface area contributed by atoms with Crippen molar-refractivity contribution in [1.29, 1.82) is 5.26 Å². The number of carbonyl (C=O) groups excluding carboxylic acids is 2. The number of anilines is 2. The third-order valence-electron chi connectivity index (χ3n) is 3.06. The predicted molar refractivity (Wildman–Crippen MR) is 90.1 cm³/mol. The Morgan fingerprint density at radius 1 is 1.04 bits per heavy atom. The Morgan fingerprint density at radius 2 is 1.92 bits per heavy atom. The number of benzene rings is 1. The number of thiophene rings is 1. The molecule has 0 saturated carbocycles. The minimum atomic E-state index is -0.379. The first-order valence-corrected chi connectivity index (χ1v) is 7.73. The van der Waals surface area contributed by atoms with E-state index in [0.717, 1.165) is 11.3 Å². The third kappa shape index (κ3) is 3.51. The second-order valence-electron chi connectivity index (χ2n) is 4.74. The number of hydrogen-bond donors (Lipinski definition) is 2. The van der Waals surface area contributed by atoms with Crippen molar-refractivity contribution < 1.29 is 14.0 Å². The van der Waals surface area contributed by atoms with Crippen molar-refractivity contribution in [3.63, 3.8) is 0 Å². The largest absolute Gasteiger partial charge is 0.459 e. The Kier molecular flexibility index (Phi) is 4.40. The van der Waals surface area contributed by atoms with Crippen LogP contribution in [-0.4, -0.2) is 11.8 Å². The fourth-order valence-corrected chi connectivity index (χ4v) is 2.76. The van der Waals surface area contributed by atoms with E-state index in [1.54, 1.807) is 48.5 Å². The lowest BCUT2D eigenvalue weighted by molar-refractivity contribution is 0.0995. The number of nitrogens with zero attached hydrogens (tertiary/aromatic N) is 1. The van der Waals surface area contributed by atoms with E-state index in [2.05, 4.69) is 10.6 Å². The number of carbonyl (C=O) groups is 2. The number of amides is 2. The highest BCUT2D eigenvalue weighted by molar-refractivity contribution is 7.18. The Labute approximate surface area is 141 Å². The molecule has 0 aliphatic rings. The van der Waals surface area contributed by atoms with E-state index in [9.17, 15) is 9.59 Å². The van der Waals surface area contributed by atoms with Crippen LogP contribution in [-0.2, 0) is 0 Å². The molecular formula is C17H11N3O3S. The van der Waals surface area contributed by atoms with Gasteiger partial charge in [-0.2, -0.15) is 5.26 Å². The van der Waals surface area contributed by atoms with Gasteiger partial charge in [-0.25, -0.2) is 0 Å². The number of furan rings is 1. The first-order chi connectivity index (χ1) is 11.7. The third-order valence-corrected chi connectivity index (χ3v) is 4.06. The van der Waals surface area contributed by atoms with Crippen LogP contribution in [0.25, 0.3) is 0 Å². The second-order valence-corrected chi connectivity index (χ2v) is 5.83. The van der Waals surface area contributed by atoms with Crippen LogP contribution in [0, 0.1) is 11.3 Å². The molecule has 2 N–H and O–H groups in total. The van der Waals surface area contributed by atoms with Crippen molar-refractivity contribution in [2.75, 3.05) is 10.6 Å². The van der Waals surface area contributed by atoms with Gasteiger partial charge < -0.3 is 15.1 Å². The molecule has 6 nitrogen and oxygen atoms in total. The normalized spacial score (nSPS) is 9.96. The van der Waals surface area contributed by atoms with Gasteiger partial charge in [-0.1, -0.05) is 6.07 Å². The van der Waals surface area contributed by atoms with E-state index in [-0.39, 0.29) is 17.6 Å². The lowest BCUT2D eigenvalue weighted by atomic mass is 10.2. The van der Waals surface area contributed by atoms with E-state index < -0.39 is 0 Å². The van der Waals surface area contributed by atoms with Crippen LogP contribution in [0.15, 0.2) is 59.2 Å². The molecule has 2 heterocycles. The average Bonchev–Trinajstić information content (AvgIpc) is 3.26. The quantitative estimate of drug-likeness (QED) is 0.758. The molecule has 1 aromatic carbocycles. The van der Waals surface area contributed by atoms with Crippen molar-refractivity contribution in [3.05, 3.63) is 71.0 Å². The minimum absolute atomic E-state index is 0.197. The molecule has 0 unspecified atom stereocenters. The average molecular weight is 337 g/mol. The molecule has 0 saturated heterocycles. The summed E-state index contributed by atoms with van der Waals surface area (Å²) in [6.07, 6.45) is 1.41. The summed E-state index contributed by atoms with van der Waals surface area (Å²) in [5.74, 6) is -0.494. The van der Waals surface area contributed by atoms with Gasteiger partial charge in [-0.05, 0) is 42.5 Å². The van der Waals surface area contributed by atoms with Crippen LogP contribution in [0.3, 0.4) is 0 Å². The fraction of sp³-hybridized carbons (Fsp3) is 0. The maximum absolute atomic E-state index is 12.2. The first-order valence-electron chi connectivity index (χ1n) is 6.92. The molecule has 3 aromatic rings. The number of rotatable bonds is 4. The maximum Gasteiger partial charge on any atom is 0.291 e. The molecule has 2 amide bonds. The van der Waals surface area contributed by atoms with Gasteiger partial charge in [0.15, 0.2) is 5.76 Å². The SMILES string of the molecule is N#Cc1cccc(NC(=O)c2ccc(NC(=O)c3ccco3)s2)c1. The van der Waals surface area contributed by atoms with Crippen LogP contribution >= 0.6 is 11.3 Å². The maximum atomic E-state index is 12.2. The van der Waals surface area contributed by atoms with Crippen molar-refractivity contribution in [2.24, 2.45) is 0 Å². The van der Waals surface area contributed by atoms with E-state index in [0.29, 0.717) is 21.1 Å². The summed E-state index contributed by atoms with van der Waals surface area (Å²) in [6, 6.07) is 15.1. The van der Waals surface area contributed by atoms with Gasteiger partial charge in [0, 0.05) is 5.69 Å². The van der Waals surface area contributed by atoms with E-state index >= 15 is 0 Å². The van der Waals surface area contributed by atoms with Crippen molar-refractivity contribution in [3.8, 4) is 6.07 Å². The van der Waals surface area contributed by atoms with Crippen LogP contribution in [0.4, 0.5) is 10.7 Å². The number of hydrogen-bond acceptors (Lipinski definition) is 5. The van der Waals surface area contributed by atoms with E-state index in [1.165, 1.54) is 6.26 Å². The molecule has 0 fully saturated rings. The Bertz CT molecular complexity index is 923. The number of nitriles is 1. The van der Waals surface area contributed by atoms with Gasteiger partial charge >= 0.3 is 0 Å². The lowest BCUT2D eigenvalue weighted by Crippen LogP contribution is -2.10. The molecule has 0 aliphatic carbocycles. The van der Waals surface area contributed by atoms with Gasteiger partial charge in [0.2, 0.25) is 0 Å². The van der Waals surface area contributed by atoms with Gasteiger partial charge in [-0.15, -0.1) is 11.3 Å². The molecule has 118 valence electrons. The summed E-state index contributed by atoms with van der Waals surface area (Å²) < 4.78 is 5.01. The predicted octanol–water partition coefficient (Wildman–Crippen LogP) is 3.72. The smallest absolute Gasteiger partial charge is 0.291 e. The summed E-state index contributed by atoms with van der Waals surface area (Å²) in [7, 11) is 0. The standard InChI is InChI=1S/C17H11N3O3S/c18-10-11-3-1-4-12(9-11)19-17(22)14-6-7-15(24-14)20-16(21)13-5-2-8-23-13/h1-9H,(H,19,22)(H,20,21). The van der Waals surface area contributed by atoms with Crippen LogP contribution in [0.5, 0.6) is 0 Å². The molecule has 24 heavy (non-hydrogen) atoms. The summed E-state index contributed by atoms with van der Waals surface area (Å²) in [5.41, 5.74) is 0.999. The molecule has 0 spiro atoms. The summed E-state index contributed by atoms with van der Waals surface area (Å²) in [5, 5.41) is 14.8. The minimum Gasteiger partial charge on any atom is -0.459 e. The fourth-order valence-electron chi connectivity index (χ4n) is 1.97. The van der Waals surface area contributed by atoms with Gasteiger partial charge in [0.1, 0.15) is 0 Å². The second kappa shape index (κ2) is 6.81. The van der Waals surface area contributed by atoms with Crippen LogP contribution < -0.4 is 10.6 Å². The zero-order valence-corrected chi connectivity index (χ0v) is 13.1. The van der Waals surface area contributed by atoms with Gasteiger partial charge in [0.25, 0.3) is 11.8 Å². The molecule has 2 aromatic heterocycles. The highest BCUT2D eigenvalue weighted by Gasteiger charge is 2.13. The highest BCUT2D eigenvalue weighted by atomic mass is 32.1.